The van der Waals surface area contributed by atoms with Crippen molar-refractivity contribution in [2.24, 2.45) is 5.73 Å². The lowest BCUT2D eigenvalue weighted by molar-refractivity contribution is 0.477. The first-order valence-electron chi connectivity index (χ1n) is 6.00. The molecule has 6 heteroatoms. The topological polar surface area (TPSA) is 72.0 Å². The van der Waals surface area contributed by atoms with Crippen molar-refractivity contribution >= 4 is 29.2 Å². The number of nitrogens with two attached hydrogens (primary N) is 1. The van der Waals surface area contributed by atoms with Crippen molar-refractivity contribution in [3.05, 3.63) is 47.2 Å². The summed E-state index contributed by atoms with van der Waals surface area (Å²) in [5.41, 5.74) is 6.27. The number of thioether (sulfide) groups is 1. The summed E-state index contributed by atoms with van der Waals surface area (Å²) in [6.45, 7) is 2.04. The van der Waals surface area contributed by atoms with Crippen LogP contribution in [0.3, 0.4) is 0 Å². The van der Waals surface area contributed by atoms with Gasteiger partial charge in [0.25, 0.3) is 0 Å². The van der Waals surface area contributed by atoms with E-state index < -0.39 is 0 Å². The van der Waals surface area contributed by atoms with Gasteiger partial charge in [-0.25, -0.2) is 0 Å². The molecule has 2 aromatic rings. The van der Waals surface area contributed by atoms with Crippen LogP contribution in [0.15, 0.2) is 41.6 Å². The summed E-state index contributed by atoms with van der Waals surface area (Å²) in [6, 6.07) is 7.24. The first-order chi connectivity index (χ1) is 9.61. The second-order valence-electron chi connectivity index (χ2n) is 3.92. The van der Waals surface area contributed by atoms with Crippen molar-refractivity contribution in [2.75, 3.05) is 5.75 Å². The number of amidine groups is 1. The Kier molecular flexibility index (Phi) is 4.87. The van der Waals surface area contributed by atoms with E-state index in [1.54, 1.807) is 30.1 Å². The number of benzene rings is 1. The molecule has 0 aliphatic rings. The zero-order chi connectivity index (χ0) is 14.5. The van der Waals surface area contributed by atoms with Gasteiger partial charge in [0.1, 0.15) is 17.3 Å². The second kappa shape index (κ2) is 6.63. The van der Waals surface area contributed by atoms with Crippen LogP contribution in [0.2, 0.25) is 5.02 Å². The summed E-state index contributed by atoms with van der Waals surface area (Å²) in [5, 5.41) is 8.24. The molecule has 0 unspecified atom stereocenters. The fraction of sp³-hybridized carbons (Fsp3) is 0.143. The van der Waals surface area contributed by atoms with E-state index in [4.69, 9.17) is 27.5 Å². The molecule has 0 saturated carbocycles. The highest BCUT2D eigenvalue weighted by Gasteiger charge is 2.13. The van der Waals surface area contributed by atoms with Crippen LogP contribution in [0, 0.1) is 5.41 Å². The number of hydrogen-bond donors (Lipinski definition) is 2. The van der Waals surface area contributed by atoms with E-state index in [-0.39, 0.29) is 5.84 Å². The quantitative estimate of drug-likeness (QED) is 0.499. The van der Waals surface area contributed by atoms with Crippen molar-refractivity contribution < 1.29 is 4.74 Å². The molecule has 0 bridgehead atoms. The largest absolute Gasteiger partial charge is 0.455 e. The summed E-state index contributed by atoms with van der Waals surface area (Å²) < 4.78 is 5.76. The fourth-order valence-electron chi connectivity index (χ4n) is 1.71. The number of rotatable bonds is 5. The Hall–Kier alpha value is -1.72. The molecular weight excluding hydrogens is 294 g/mol. The molecule has 0 amide bonds. The van der Waals surface area contributed by atoms with Gasteiger partial charge in [-0.1, -0.05) is 24.6 Å². The number of nitrogens with zero attached hydrogens (tertiary/aromatic N) is 1. The Balaban J connectivity index is 2.40. The molecule has 3 N–H and O–H groups in total. The van der Waals surface area contributed by atoms with Crippen LogP contribution in [0.4, 0.5) is 0 Å². The zero-order valence-electron chi connectivity index (χ0n) is 10.9. The third kappa shape index (κ3) is 3.43. The van der Waals surface area contributed by atoms with E-state index in [2.05, 4.69) is 4.98 Å². The standard InChI is InChI=1S/C14H14ClN3OS/c1-2-20-12-5-3-4-11(13(12)14(16)17)19-10-6-9(15)7-18-8-10/h3-8H,2H2,1H3,(H3,16,17). The van der Waals surface area contributed by atoms with E-state index >= 15 is 0 Å². The summed E-state index contributed by atoms with van der Waals surface area (Å²) in [4.78, 5) is 4.89. The first kappa shape index (κ1) is 14.7. The van der Waals surface area contributed by atoms with E-state index in [1.165, 1.54) is 6.20 Å². The number of nitrogens with one attached hydrogen (secondary N) is 1. The summed E-state index contributed by atoms with van der Waals surface area (Å²) in [5.74, 6) is 1.91. The molecule has 0 aliphatic carbocycles. The summed E-state index contributed by atoms with van der Waals surface area (Å²) in [6.07, 6.45) is 3.10. The molecule has 0 radical (unpaired) electrons. The number of hydrogen-bond acceptors (Lipinski definition) is 4. The van der Waals surface area contributed by atoms with E-state index in [0.717, 1.165) is 10.6 Å². The maximum atomic E-state index is 7.75. The lowest BCUT2D eigenvalue weighted by atomic mass is 10.2. The van der Waals surface area contributed by atoms with Gasteiger partial charge >= 0.3 is 0 Å². The van der Waals surface area contributed by atoms with Crippen LogP contribution in [-0.4, -0.2) is 16.6 Å². The Labute approximate surface area is 126 Å². The maximum Gasteiger partial charge on any atom is 0.147 e. The van der Waals surface area contributed by atoms with Crippen molar-refractivity contribution in [1.29, 1.82) is 5.41 Å². The highest BCUT2D eigenvalue weighted by molar-refractivity contribution is 7.99. The minimum Gasteiger partial charge on any atom is -0.455 e. The van der Waals surface area contributed by atoms with Crippen molar-refractivity contribution in [3.8, 4) is 11.5 Å². The average Bonchev–Trinajstić information content (AvgIpc) is 2.39. The lowest BCUT2D eigenvalue weighted by Crippen LogP contribution is -2.13. The van der Waals surface area contributed by atoms with Gasteiger partial charge in [0.2, 0.25) is 0 Å². The van der Waals surface area contributed by atoms with Gasteiger partial charge in [-0.3, -0.25) is 10.4 Å². The number of nitrogen functional groups attached to an aromatic ring is 1. The van der Waals surface area contributed by atoms with Gasteiger partial charge in [0, 0.05) is 17.2 Å². The first-order valence-corrected chi connectivity index (χ1v) is 7.36. The van der Waals surface area contributed by atoms with Crippen LogP contribution in [0.5, 0.6) is 11.5 Å². The van der Waals surface area contributed by atoms with Gasteiger partial charge in [-0.05, 0) is 17.9 Å². The maximum absolute atomic E-state index is 7.75. The molecular formula is C14H14ClN3OS. The number of aromatic nitrogens is 1. The zero-order valence-corrected chi connectivity index (χ0v) is 12.5. The van der Waals surface area contributed by atoms with Crippen LogP contribution >= 0.6 is 23.4 Å². The van der Waals surface area contributed by atoms with Gasteiger partial charge in [0.05, 0.1) is 16.8 Å². The predicted octanol–water partition coefficient (Wildman–Crippen LogP) is 3.92. The molecule has 0 saturated heterocycles. The fourth-order valence-corrected chi connectivity index (χ4v) is 2.72. The summed E-state index contributed by atoms with van der Waals surface area (Å²) in [7, 11) is 0. The number of ether oxygens (including phenoxy) is 1. The van der Waals surface area contributed by atoms with Gasteiger partial charge in [-0.2, -0.15) is 0 Å². The van der Waals surface area contributed by atoms with Gasteiger partial charge < -0.3 is 10.5 Å². The van der Waals surface area contributed by atoms with Gasteiger partial charge in [-0.15, -0.1) is 11.8 Å². The molecule has 1 heterocycles. The molecule has 0 atom stereocenters. The third-order valence-electron chi connectivity index (χ3n) is 2.46. The Morgan fingerprint density at radius 2 is 2.25 bits per heavy atom. The smallest absolute Gasteiger partial charge is 0.147 e. The molecule has 2 rings (SSSR count). The molecule has 0 fully saturated rings. The number of halogens is 1. The van der Waals surface area contributed by atoms with Crippen molar-refractivity contribution in [1.82, 2.24) is 4.98 Å². The molecule has 1 aromatic heterocycles. The Morgan fingerprint density at radius 1 is 1.45 bits per heavy atom. The average molecular weight is 308 g/mol. The number of pyridine rings is 1. The Morgan fingerprint density at radius 3 is 2.90 bits per heavy atom. The highest BCUT2D eigenvalue weighted by Crippen LogP contribution is 2.32. The molecule has 104 valence electrons. The van der Waals surface area contributed by atoms with Crippen LogP contribution in [0.1, 0.15) is 12.5 Å². The van der Waals surface area contributed by atoms with E-state index in [9.17, 15) is 0 Å². The molecule has 4 nitrogen and oxygen atoms in total. The van der Waals surface area contributed by atoms with Crippen LogP contribution in [0.25, 0.3) is 0 Å². The normalized spacial score (nSPS) is 10.3. The molecule has 0 aliphatic heterocycles. The van der Waals surface area contributed by atoms with E-state index in [1.807, 2.05) is 19.1 Å². The minimum atomic E-state index is -0.0217. The summed E-state index contributed by atoms with van der Waals surface area (Å²) >= 11 is 7.50. The minimum absolute atomic E-state index is 0.0217. The molecule has 0 spiro atoms. The Bertz CT molecular complexity index is 634. The third-order valence-corrected chi connectivity index (χ3v) is 3.61. The SMILES string of the molecule is CCSc1cccc(Oc2cncc(Cl)c2)c1C(=N)N. The van der Waals surface area contributed by atoms with Crippen molar-refractivity contribution in [3.63, 3.8) is 0 Å². The second-order valence-corrected chi connectivity index (χ2v) is 5.66. The van der Waals surface area contributed by atoms with E-state index in [0.29, 0.717) is 22.1 Å². The van der Waals surface area contributed by atoms with Gasteiger partial charge in [0.15, 0.2) is 0 Å². The van der Waals surface area contributed by atoms with Crippen LogP contribution in [-0.2, 0) is 0 Å². The monoisotopic (exact) mass is 307 g/mol. The molecule has 20 heavy (non-hydrogen) atoms. The van der Waals surface area contributed by atoms with Crippen molar-refractivity contribution in [2.45, 2.75) is 11.8 Å². The molecule has 1 aromatic carbocycles. The van der Waals surface area contributed by atoms with Crippen LogP contribution < -0.4 is 10.5 Å². The predicted molar refractivity (Wildman–Crippen MR) is 83.2 cm³/mol. The lowest BCUT2D eigenvalue weighted by Gasteiger charge is -2.13. The highest BCUT2D eigenvalue weighted by atomic mass is 35.5.